The van der Waals surface area contributed by atoms with Crippen LogP contribution in [-0.2, 0) is 6.42 Å². The number of aliphatic hydroxyl groups is 1. The summed E-state index contributed by atoms with van der Waals surface area (Å²) < 4.78 is 52.0. The molecule has 90 valence electrons. The van der Waals surface area contributed by atoms with E-state index in [2.05, 4.69) is 4.74 Å². The Balaban J connectivity index is 2.75. The fourth-order valence-electron chi connectivity index (χ4n) is 1.19. The van der Waals surface area contributed by atoms with Crippen LogP contribution in [0.2, 0.25) is 0 Å². The summed E-state index contributed by atoms with van der Waals surface area (Å²) in [7, 11) is 0. The largest absolute Gasteiger partial charge is 0.573 e. The second-order valence-electron chi connectivity index (χ2n) is 3.14. The van der Waals surface area contributed by atoms with Gasteiger partial charge in [0.05, 0.1) is 0 Å². The van der Waals surface area contributed by atoms with Crippen molar-refractivity contribution in [2.45, 2.75) is 19.2 Å². The molecular formula is C10H10F4O2. The highest BCUT2D eigenvalue weighted by Gasteiger charge is 2.32. The van der Waals surface area contributed by atoms with Crippen molar-refractivity contribution in [1.29, 1.82) is 0 Å². The number of ether oxygens (including phenoxy) is 1. The van der Waals surface area contributed by atoms with Gasteiger partial charge in [-0.25, -0.2) is 4.39 Å². The molecule has 0 aliphatic carbocycles. The van der Waals surface area contributed by atoms with E-state index in [-0.39, 0.29) is 6.61 Å². The molecule has 0 spiro atoms. The Hall–Kier alpha value is -1.30. The smallest absolute Gasteiger partial charge is 0.403 e. The van der Waals surface area contributed by atoms with Gasteiger partial charge in [0.15, 0.2) is 11.6 Å². The Morgan fingerprint density at radius 1 is 1.25 bits per heavy atom. The number of halogens is 4. The van der Waals surface area contributed by atoms with Gasteiger partial charge in [0, 0.05) is 6.61 Å². The van der Waals surface area contributed by atoms with E-state index in [1.807, 2.05) is 0 Å². The monoisotopic (exact) mass is 238 g/mol. The first-order chi connectivity index (χ1) is 7.42. The number of rotatable bonds is 4. The van der Waals surface area contributed by atoms with Crippen LogP contribution in [0.15, 0.2) is 18.2 Å². The van der Waals surface area contributed by atoms with Gasteiger partial charge in [0.25, 0.3) is 0 Å². The number of alkyl halides is 3. The van der Waals surface area contributed by atoms with Gasteiger partial charge in [0.1, 0.15) is 0 Å². The Bertz CT molecular complexity index is 349. The summed E-state index contributed by atoms with van der Waals surface area (Å²) >= 11 is 0. The zero-order valence-electron chi connectivity index (χ0n) is 8.22. The summed E-state index contributed by atoms with van der Waals surface area (Å²) in [5, 5.41) is 8.54. The van der Waals surface area contributed by atoms with Gasteiger partial charge in [-0.2, -0.15) is 0 Å². The van der Waals surface area contributed by atoms with Crippen LogP contribution in [0.1, 0.15) is 12.0 Å². The molecule has 0 atom stereocenters. The molecule has 0 saturated heterocycles. The van der Waals surface area contributed by atoms with Crippen molar-refractivity contribution < 1.29 is 27.4 Å². The van der Waals surface area contributed by atoms with Gasteiger partial charge in [-0.3, -0.25) is 0 Å². The first kappa shape index (κ1) is 12.8. The summed E-state index contributed by atoms with van der Waals surface area (Å²) in [5.74, 6) is -1.91. The van der Waals surface area contributed by atoms with Crippen LogP contribution in [0.5, 0.6) is 5.75 Å². The second kappa shape index (κ2) is 5.16. The molecule has 0 saturated carbocycles. The molecule has 0 radical (unpaired) electrons. The molecule has 0 aliphatic heterocycles. The quantitative estimate of drug-likeness (QED) is 0.817. The zero-order valence-corrected chi connectivity index (χ0v) is 8.22. The van der Waals surface area contributed by atoms with Gasteiger partial charge in [0.2, 0.25) is 0 Å². The minimum atomic E-state index is -4.90. The molecule has 0 unspecified atom stereocenters. The summed E-state index contributed by atoms with van der Waals surface area (Å²) in [6.45, 7) is -0.0532. The molecule has 6 heteroatoms. The lowest BCUT2D eigenvalue weighted by Crippen LogP contribution is -2.18. The van der Waals surface area contributed by atoms with Crippen molar-refractivity contribution >= 4 is 0 Å². The standard InChI is InChI=1S/C10H10F4O2/c11-8-6-7(2-1-5-15)3-4-9(8)16-10(12,13)14/h3-4,6,15H,1-2,5H2. The van der Waals surface area contributed by atoms with Crippen LogP contribution in [0.3, 0.4) is 0 Å². The molecule has 1 N–H and O–H groups in total. The third-order valence-electron chi connectivity index (χ3n) is 1.85. The molecule has 1 rings (SSSR count). The van der Waals surface area contributed by atoms with E-state index in [0.717, 1.165) is 12.1 Å². The normalized spacial score (nSPS) is 11.6. The molecule has 0 bridgehead atoms. The number of hydrogen-bond donors (Lipinski definition) is 1. The summed E-state index contributed by atoms with van der Waals surface area (Å²) in [4.78, 5) is 0. The van der Waals surface area contributed by atoms with Crippen LogP contribution >= 0.6 is 0 Å². The maximum Gasteiger partial charge on any atom is 0.573 e. The lowest BCUT2D eigenvalue weighted by atomic mass is 10.1. The van der Waals surface area contributed by atoms with Crippen LogP contribution in [0.4, 0.5) is 17.6 Å². The molecule has 1 aromatic rings. The van der Waals surface area contributed by atoms with Gasteiger partial charge in [-0.05, 0) is 30.5 Å². The summed E-state index contributed by atoms with van der Waals surface area (Å²) in [6, 6.07) is 3.23. The maximum atomic E-state index is 13.1. The van der Waals surface area contributed by atoms with Gasteiger partial charge >= 0.3 is 6.36 Å². The van der Waals surface area contributed by atoms with Crippen LogP contribution < -0.4 is 4.74 Å². The van der Waals surface area contributed by atoms with Crippen LogP contribution in [0, 0.1) is 5.82 Å². The summed E-state index contributed by atoms with van der Waals surface area (Å²) in [5.41, 5.74) is 0.515. The van der Waals surface area contributed by atoms with E-state index in [0.29, 0.717) is 18.4 Å². The van der Waals surface area contributed by atoms with Gasteiger partial charge < -0.3 is 9.84 Å². The highest BCUT2D eigenvalue weighted by atomic mass is 19.4. The average molecular weight is 238 g/mol. The van der Waals surface area contributed by atoms with Crippen molar-refractivity contribution in [3.05, 3.63) is 29.6 Å². The predicted octanol–water partition coefficient (Wildman–Crippen LogP) is 2.65. The maximum absolute atomic E-state index is 13.1. The Morgan fingerprint density at radius 2 is 1.94 bits per heavy atom. The molecule has 16 heavy (non-hydrogen) atoms. The van der Waals surface area contributed by atoms with Gasteiger partial charge in [-0.1, -0.05) is 6.07 Å². The van der Waals surface area contributed by atoms with E-state index >= 15 is 0 Å². The fraction of sp³-hybridized carbons (Fsp3) is 0.400. The second-order valence-corrected chi connectivity index (χ2v) is 3.14. The average Bonchev–Trinajstić information content (AvgIpc) is 2.17. The Morgan fingerprint density at radius 3 is 2.44 bits per heavy atom. The van der Waals surface area contributed by atoms with Gasteiger partial charge in [-0.15, -0.1) is 13.2 Å². The first-order valence-electron chi connectivity index (χ1n) is 4.57. The van der Waals surface area contributed by atoms with E-state index < -0.39 is 17.9 Å². The van der Waals surface area contributed by atoms with Crippen molar-refractivity contribution in [2.75, 3.05) is 6.61 Å². The molecule has 2 nitrogen and oxygen atoms in total. The first-order valence-corrected chi connectivity index (χ1v) is 4.57. The predicted molar refractivity (Wildman–Crippen MR) is 48.5 cm³/mol. The molecule has 0 amide bonds. The number of benzene rings is 1. The Kier molecular flexibility index (Phi) is 4.12. The molecular weight excluding hydrogens is 228 g/mol. The number of aliphatic hydroxyl groups excluding tert-OH is 1. The lowest BCUT2D eigenvalue weighted by molar-refractivity contribution is -0.275. The lowest BCUT2D eigenvalue weighted by Gasteiger charge is -2.10. The van der Waals surface area contributed by atoms with E-state index in [9.17, 15) is 17.6 Å². The van der Waals surface area contributed by atoms with Crippen molar-refractivity contribution in [1.82, 2.24) is 0 Å². The third kappa shape index (κ3) is 4.06. The van der Waals surface area contributed by atoms with E-state index in [1.54, 1.807) is 0 Å². The topological polar surface area (TPSA) is 29.5 Å². The highest BCUT2D eigenvalue weighted by Crippen LogP contribution is 2.26. The minimum Gasteiger partial charge on any atom is -0.403 e. The van der Waals surface area contributed by atoms with E-state index in [1.165, 1.54) is 6.07 Å². The summed E-state index contributed by atoms with van der Waals surface area (Å²) in [6.07, 6.45) is -4.06. The number of aryl methyl sites for hydroxylation is 1. The molecule has 0 heterocycles. The number of hydrogen-bond acceptors (Lipinski definition) is 2. The van der Waals surface area contributed by atoms with Crippen LogP contribution in [0.25, 0.3) is 0 Å². The third-order valence-corrected chi connectivity index (χ3v) is 1.85. The highest BCUT2D eigenvalue weighted by molar-refractivity contribution is 5.29. The Labute approximate surface area is 89.5 Å². The van der Waals surface area contributed by atoms with Crippen molar-refractivity contribution in [3.63, 3.8) is 0 Å². The molecule has 0 aliphatic rings. The fourth-order valence-corrected chi connectivity index (χ4v) is 1.19. The molecule has 1 aromatic carbocycles. The van der Waals surface area contributed by atoms with Crippen molar-refractivity contribution in [2.24, 2.45) is 0 Å². The zero-order chi connectivity index (χ0) is 12.2. The SMILES string of the molecule is OCCCc1ccc(OC(F)(F)F)c(F)c1. The van der Waals surface area contributed by atoms with E-state index in [4.69, 9.17) is 5.11 Å². The molecule has 0 aromatic heterocycles. The minimum absolute atomic E-state index is 0.0532. The molecule has 0 fully saturated rings. The van der Waals surface area contributed by atoms with Crippen LogP contribution in [-0.4, -0.2) is 18.1 Å². The van der Waals surface area contributed by atoms with Crippen molar-refractivity contribution in [3.8, 4) is 5.75 Å².